The zero-order chi connectivity index (χ0) is 18.4. The van der Waals surface area contributed by atoms with Crippen molar-refractivity contribution < 1.29 is 19.0 Å². The molecule has 0 atom stereocenters. The summed E-state index contributed by atoms with van der Waals surface area (Å²) in [4.78, 5) is 15.9. The number of benzene rings is 1. The molecule has 0 aromatic heterocycles. The van der Waals surface area contributed by atoms with Gasteiger partial charge in [0.1, 0.15) is 0 Å². The van der Waals surface area contributed by atoms with Crippen molar-refractivity contribution in [1.29, 1.82) is 0 Å². The third kappa shape index (κ3) is 4.76. The van der Waals surface area contributed by atoms with Crippen LogP contribution in [0.3, 0.4) is 0 Å². The lowest BCUT2D eigenvalue weighted by molar-refractivity contribution is -0.146. The van der Waals surface area contributed by atoms with Crippen LogP contribution in [0.5, 0.6) is 11.5 Å². The zero-order valence-electron chi connectivity index (χ0n) is 15.9. The van der Waals surface area contributed by atoms with Crippen molar-refractivity contribution in [2.75, 3.05) is 47.3 Å². The Hall–Kier alpha value is -1.15. The van der Waals surface area contributed by atoms with E-state index in [9.17, 15) is 4.79 Å². The Bertz CT molecular complexity index is 609. The molecule has 1 aliphatic rings. The van der Waals surface area contributed by atoms with Gasteiger partial charge in [-0.3, -0.25) is 4.79 Å². The van der Waals surface area contributed by atoms with E-state index in [0.717, 1.165) is 10.5 Å². The zero-order valence-corrected chi connectivity index (χ0v) is 17.5. The Labute approximate surface area is 166 Å². The second kappa shape index (κ2) is 10.3. The minimum atomic E-state index is -0.511. The van der Waals surface area contributed by atoms with Gasteiger partial charge in [0.2, 0.25) is 5.91 Å². The maximum Gasteiger partial charge on any atom is 0.230 e. The van der Waals surface area contributed by atoms with Crippen LogP contribution in [0, 0.1) is 5.41 Å². The van der Waals surface area contributed by atoms with Crippen LogP contribution >= 0.6 is 24.2 Å². The Morgan fingerprint density at radius 2 is 1.85 bits per heavy atom. The van der Waals surface area contributed by atoms with Crippen molar-refractivity contribution in [3.8, 4) is 11.5 Å². The van der Waals surface area contributed by atoms with Crippen molar-refractivity contribution in [3.05, 3.63) is 17.7 Å². The molecule has 1 amide bonds. The molecule has 148 valence electrons. The van der Waals surface area contributed by atoms with Gasteiger partial charge in [-0.05, 0) is 36.8 Å². The first-order valence-electron chi connectivity index (χ1n) is 8.33. The molecule has 0 saturated carbocycles. The molecule has 6 nitrogen and oxygen atoms in total. The fourth-order valence-electron chi connectivity index (χ4n) is 3.22. The molecule has 0 spiro atoms. The number of amides is 1. The molecule has 1 heterocycles. The van der Waals surface area contributed by atoms with Gasteiger partial charge in [-0.2, -0.15) is 0 Å². The van der Waals surface area contributed by atoms with E-state index in [1.54, 1.807) is 30.9 Å². The lowest BCUT2D eigenvalue weighted by atomic mass is 9.79. The molecule has 0 radical (unpaired) electrons. The van der Waals surface area contributed by atoms with E-state index in [1.807, 2.05) is 25.4 Å². The van der Waals surface area contributed by atoms with Crippen LogP contribution in [0.15, 0.2) is 17.0 Å². The Balaban J connectivity index is 0.00000338. The number of nitrogens with two attached hydrogens (primary N) is 1. The molecule has 1 aromatic rings. The number of hydrogen-bond donors (Lipinski definition) is 1. The van der Waals surface area contributed by atoms with Crippen LogP contribution in [-0.2, 0) is 16.1 Å². The lowest BCUT2D eigenvalue weighted by Crippen LogP contribution is -2.49. The number of carbonyl (C=O) groups excluding carboxylic acids is 1. The van der Waals surface area contributed by atoms with Crippen LogP contribution < -0.4 is 15.2 Å². The monoisotopic (exact) mass is 404 g/mol. The molecule has 0 unspecified atom stereocenters. The average molecular weight is 405 g/mol. The maximum atomic E-state index is 13.1. The minimum absolute atomic E-state index is 0. The summed E-state index contributed by atoms with van der Waals surface area (Å²) in [7, 11) is 5.06. The van der Waals surface area contributed by atoms with Crippen LogP contribution in [0.25, 0.3) is 0 Å². The highest BCUT2D eigenvalue weighted by atomic mass is 35.5. The maximum absolute atomic E-state index is 13.1. The topological polar surface area (TPSA) is 74.0 Å². The minimum Gasteiger partial charge on any atom is -0.493 e. The molecule has 1 saturated heterocycles. The first-order chi connectivity index (χ1) is 12.0. The summed E-state index contributed by atoms with van der Waals surface area (Å²) in [6.45, 7) is 2.02. The van der Waals surface area contributed by atoms with Gasteiger partial charge < -0.3 is 24.8 Å². The van der Waals surface area contributed by atoms with Gasteiger partial charge in [-0.25, -0.2) is 0 Å². The van der Waals surface area contributed by atoms with Crippen molar-refractivity contribution in [1.82, 2.24) is 4.90 Å². The van der Waals surface area contributed by atoms with Gasteiger partial charge in [0.15, 0.2) is 11.5 Å². The first-order valence-corrected chi connectivity index (χ1v) is 9.56. The van der Waals surface area contributed by atoms with Gasteiger partial charge in [-0.1, -0.05) is 0 Å². The van der Waals surface area contributed by atoms with E-state index >= 15 is 0 Å². The fraction of sp³-hybridized carbons (Fsp3) is 0.611. The lowest BCUT2D eigenvalue weighted by Gasteiger charge is -2.37. The molecule has 26 heavy (non-hydrogen) atoms. The predicted molar refractivity (Wildman–Crippen MR) is 107 cm³/mol. The van der Waals surface area contributed by atoms with Crippen molar-refractivity contribution >= 4 is 30.1 Å². The highest BCUT2D eigenvalue weighted by Crippen LogP contribution is 2.36. The van der Waals surface area contributed by atoms with Crippen LogP contribution in [0.4, 0.5) is 0 Å². The van der Waals surface area contributed by atoms with Gasteiger partial charge in [0.25, 0.3) is 0 Å². The van der Waals surface area contributed by atoms with Crippen LogP contribution in [0.2, 0.25) is 0 Å². The summed E-state index contributed by atoms with van der Waals surface area (Å²) < 4.78 is 16.2. The Morgan fingerprint density at radius 3 is 2.35 bits per heavy atom. The number of rotatable bonds is 7. The van der Waals surface area contributed by atoms with Crippen molar-refractivity contribution in [2.24, 2.45) is 11.1 Å². The third-order valence-electron chi connectivity index (χ3n) is 4.84. The molecular weight excluding hydrogens is 376 g/mol. The summed E-state index contributed by atoms with van der Waals surface area (Å²) >= 11 is 1.62. The molecule has 2 rings (SSSR count). The number of carbonyl (C=O) groups is 1. The van der Waals surface area contributed by atoms with Crippen LogP contribution in [-0.4, -0.2) is 58.1 Å². The van der Waals surface area contributed by atoms with Gasteiger partial charge >= 0.3 is 0 Å². The molecule has 1 fully saturated rings. The number of ether oxygens (including phenoxy) is 3. The van der Waals surface area contributed by atoms with E-state index in [4.69, 9.17) is 19.9 Å². The van der Waals surface area contributed by atoms with E-state index < -0.39 is 5.41 Å². The molecule has 2 N–H and O–H groups in total. The average Bonchev–Trinajstić information content (AvgIpc) is 2.67. The highest BCUT2D eigenvalue weighted by molar-refractivity contribution is 7.98. The second-order valence-corrected chi connectivity index (χ2v) is 7.13. The van der Waals surface area contributed by atoms with E-state index in [-0.39, 0.29) is 18.3 Å². The number of halogens is 1. The number of nitrogens with zero attached hydrogens (tertiary/aromatic N) is 1. The summed E-state index contributed by atoms with van der Waals surface area (Å²) in [6, 6.07) is 3.89. The fourth-order valence-corrected chi connectivity index (χ4v) is 3.83. The normalized spacial score (nSPS) is 15.7. The molecule has 0 aliphatic carbocycles. The Morgan fingerprint density at radius 1 is 1.27 bits per heavy atom. The number of thioether (sulfide) groups is 1. The second-order valence-electron chi connectivity index (χ2n) is 6.28. The quantitative estimate of drug-likeness (QED) is 0.704. The SMILES string of the molecule is COc1cc(CN(C)C(=O)C2(CN)CCOCC2)c(SC)cc1OC.Cl. The van der Waals surface area contributed by atoms with Gasteiger partial charge in [-0.15, -0.1) is 24.2 Å². The highest BCUT2D eigenvalue weighted by Gasteiger charge is 2.40. The van der Waals surface area contributed by atoms with E-state index in [1.165, 1.54) is 0 Å². The molecular formula is C18H29ClN2O4S. The van der Waals surface area contributed by atoms with Gasteiger partial charge in [0.05, 0.1) is 19.6 Å². The predicted octanol–water partition coefficient (Wildman–Crippen LogP) is 2.56. The summed E-state index contributed by atoms with van der Waals surface area (Å²) in [5.74, 6) is 1.43. The summed E-state index contributed by atoms with van der Waals surface area (Å²) in [5.41, 5.74) is 6.48. The largest absolute Gasteiger partial charge is 0.493 e. The molecule has 1 aliphatic heterocycles. The third-order valence-corrected chi connectivity index (χ3v) is 5.65. The smallest absolute Gasteiger partial charge is 0.230 e. The molecule has 8 heteroatoms. The van der Waals surface area contributed by atoms with Crippen molar-refractivity contribution in [2.45, 2.75) is 24.3 Å². The summed E-state index contributed by atoms with van der Waals surface area (Å²) in [5, 5.41) is 0. The van der Waals surface area contributed by atoms with E-state index in [2.05, 4.69) is 0 Å². The molecule has 0 bridgehead atoms. The van der Waals surface area contributed by atoms with Gasteiger partial charge in [0, 0.05) is 38.2 Å². The number of methoxy groups -OCH3 is 2. The van der Waals surface area contributed by atoms with E-state index in [0.29, 0.717) is 50.6 Å². The standard InChI is InChI=1S/C18H28N2O4S.ClH/c1-20(17(21)18(12-19)5-7-24-8-6-18)11-13-9-14(22-2)15(23-3)10-16(13)25-4;/h9-10H,5-8,11-12,19H2,1-4H3;1H. The first kappa shape index (κ1) is 22.9. The molecule has 1 aromatic carbocycles. The number of hydrogen-bond acceptors (Lipinski definition) is 6. The Kier molecular flexibility index (Phi) is 9.03. The summed E-state index contributed by atoms with van der Waals surface area (Å²) in [6.07, 6.45) is 3.36. The van der Waals surface area contributed by atoms with Crippen LogP contribution in [0.1, 0.15) is 18.4 Å². The van der Waals surface area contributed by atoms with Crippen molar-refractivity contribution in [3.63, 3.8) is 0 Å².